The normalized spacial score (nSPS) is 16.7. The fraction of sp³-hybridized carbons (Fsp3) is 0.200. The van der Waals surface area contributed by atoms with E-state index in [0.29, 0.717) is 0 Å². The van der Waals surface area contributed by atoms with Crippen molar-refractivity contribution in [2.75, 3.05) is 0 Å². The zero-order chi connectivity index (χ0) is 15.5. The van der Waals surface area contributed by atoms with Gasteiger partial charge in [0.15, 0.2) is 0 Å². The summed E-state index contributed by atoms with van der Waals surface area (Å²) in [5.74, 6) is 1.17. The molecule has 115 valence electrons. The summed E-state index contributed by atoms with van der Waals surface area (Å²) in [6, 6.07) is 17.3. The molecule has 0 fully saturated rings. The molecular weight excluding hydrogens is 409 g/mol. The van der Waals surface area contributed by atoms with E-state index < -0.39 is 0 Å². The maximum absolute atomic E-state index is 4.35. The van der Waals surface area contributed by atoms with E-state index in [9.17, 15) is 0 Å². The van der Waals surface area contributed by atoms with Gasteiger partial charge in [-0.3, -0.25) is 0 Å². The van der Waals surface area contributed by atoms with Gasteiger partial charge in [0.05, 0.1) is 0 Å². The molecular formula is C20H21N2Pr-. The molecule has 2 nitrogen and oxygen atoms in total. The third-order valence-corrected chi connectivity index (χ3v) is 4.10. The van der Waals surface area contributed by atoms with E-state index in [1.807, 2.05) is 13.5 Å². The van der Waals surface area contributed by atoms with Gasteiger partial charge in [-0.25, -0.2) is 0 Å². The fourth-order valence-corrected chi connectivity index (χ4v) is 2.80. The molecule has 0 saturated heterocycles. The van der Waals surface area contributed by atoms with Crippen molar-refractivity contribution in [1.29, 1.82) is 0 Å². The van der Waals surface area contributed by atoms with Crippen molar-refractivity contribution in [2.24, 2.45) is 10.9 Å². The summed E-state index contributed by atoms with van der Waals surface area (Å²) in [5.41, 5.74) is 6.19. The first-order valence-corrected chi connectivity index (χ1v) is 7.62. The monoisotopic (exact) mass is 430 g/mol. The smallest absolute Gasteiger partial charge is 0 e. The SMILES string of the molecule is C=C1NC(C)=N[CH-]C1Cc1ccc(-c2ccccc2C)cc1.[Pr]. The maximum atomic E-state index is 4.35. The van der Waals surface area contributed by atoms with Crippen LogP contribution in [0.4, 0.5) is 0 Å². The molecule has 0 bridgehead atoms. The molecule has 0 amide bonds. The van der Waals surface area contributed by atoms with Crippen molar-refractivity contribution in [1.82, 2.24) is 5.32 Å². The van der Waals surface area contributed by atoms with Gasteiger partial charge in [0.25, 0.3) is 0 Å². The van der Waals surface area contributed by atoms with E-state index in [1.54, 1.807) is 0 Å². The van der Waals surface area contributed by atoms with E-state index in [-0.39, 0.29) is 47.2 Å². The number of rotatable bonds is 3. The predicted octanol–water partition coefficient (Wildman–Crippen LogP) is 4.52. The minimum atomic E-state index is 0. The average molecular weight is 430 g/mol. The molecule has 1 heterocycles. The molecule has 0 saturated carbocycles. The summed E-state index contributed by atoms with van der Waals surface area (Å²) >= 11 is 0. The third kappa shape index (κ3) is 4.46. The zero-order valence-corrected chi connectivity index (χ0v) is 17.4. The zero-order valence-electron chi connectivity index (χ0n) is 13.7. The molecule has 1 unspecified atom stereocenters. The Balaban J connectivity index is 0.00000192. The second kappa shape index (κ2) is 8.12. The van der Waals surface area contributed by atoms with E-state index in [0.717, 1.165) is 18.0 Å². The minimum Gasteiger partial charge on any atom is -0.435 e. The molecule has 1 aliphatic rings. The Kier molecular flexibility index (Phi) is 6.44. The van der Waals surface area contributed by atoms with Crippen molar-refractivity contribution in [3.8, 4) is 11.1 Å². The number of aryl methyl sites for hydroxylation is 1. The van der Waals surface area contributed by atoms with Crippen LogP contribution in [-0.2, 0) is 6.42 Å². The molecule has 3 heteroatoms. The average Bonchev–Trinajstić information content (AvgIpc) is 2.51. The van der Waals surface area contributed by atoms with Crippen LogP contribution in [0.1, 0.15) is 18.1 Å². The summed E-state index contributed by atoms with van der Waals surface area (Å²) < 4.78 is 0. The minimum absolute atomic E-state index is 0. The van der Waals surface area contributed by atoms with Crippen LogP contribution in [0.25, 0.3) is 11.1 Å². The fourth-order valence-electron chi connectivity index (χ4n) is 2.80. The quantitative estimate of drug-likeness (QED) is 0.712. The molecule has 2 aromatic rings. The number of aliphatic imine (C=N–C) groups is 1. The van der Waals surface area contributed by atoms with E-state index in [2.05, 4.69) is 72.3 Å². The Labute approximate surface area is 172 Å². The summed E-state index contributed by atoms with van der Waals surface area (Å²) in [4.78, 5) is 4.35. The van der Waals surface area contributed by atoms with Crippen molar-refractivity contribution >= 4 is 5.84 Å². The number of hydrogen-bond donors (Lipinski definition) is 1. The summed E-state index contributed by atoms with van der Waals surface area (Å²) in [7, 11) is 0. The molecule has 0 aromatic heterocycles. The number of benzene rings is 2. The van der Waals surface area contributed by atoms with Gasteiger partial charge in [-0.05, 0) is 47.2 Å². The molecule has 0 aliphatic carbocycles. The Hall–Kier alpha value is -1.12. The first kappa shape index (κ1) is 18.2. The summed E-state index contributed by atoms with van der Waals surface area (Å²) in [5, 5.41) is 3.22. The second-order valence-corrected chi connectivity index (χ2v) is 5.84. The predicted molar refractivity (Wildman–Crippen MR) is 93.5 cm³/mol. The summed E-state index contributed by atoms with van der Waals surface area (Å²) in [6.07, 6.45) is 0.927. The van der Waals surface area contributed by atoms with Crippen LogP contribution in [-0.4, -0.2) is 5.84 Å². The van der Waals surface area contributed by atoms with Crippen LogP contribution in [0.3, 0.4) is 0 Å². The maximum Gasteiger partial charge on any atom is 0 e. The van der Waals surface area contributed by atoms with Crippen LogP contribution in [0.5, 0.6) is 0 Å². The van der Waals surface area contributed by atoms with E-state index >= 15 is 0 Å². The topological polar surface area (TPSA) is 24.4 Å². The standard InChI is InChI=1S/C20H21N2.Pr/c1-14-6-4-5-7-20(14)18-10-8-17(9-11-18)12-19-13-21-16(3)22-15(19)2;/h4-11,13,19H,2,12H2,1,3H3,(H,21,22);/q-1;. The number of nitrogens with zero attached hydrogens (tertiary/aromatic N) is 1. The Bertz CT molecular complexity index is 717. The Morgan fingerprint density at radius 2 is 1.78 bits per heavy atom. The second-order valence-electron chi connectivity index (χ2n) is 5.84. The number of amidine groups is 1. The van der Waals surface area contributed by atoms with Gasteiger partial charge in [0.1, 0.15) is 0 Å². The molecule has 23 heavy (non-hydrogen) atoms. The molecule has 2 aromatic carbocycles. The van der Waals surface area contributed by atoms with Gasteiger partial charge < -0.3 is 10.3 Å². The van der Waals surface area contributed by atoms with Crippen molar-refractivity contribution < 1.29 is 41.3 Å². The Morgan fingerprint density at radius 3 is 2.43 bits per heavy atom. The van der Waals surface area contributed by atoms with Gasteiger partial charge >= 0.3 is 0 Å². The van der Waals surface area contributed by atoms with Crippen LogP contribution >= 0.6 is 0 Å². The number of hydrogen-bond acceptors (Lipinski definition) is 2. The largest absolute Gasteiger partial charge is 0.435 e. The molecule has 0 spiro atoms. The molecule has 1 N–H and O–H groups in total. The van der Waals surface area contributed by atoms with Crippen molar-refractivity contribution in [3.63, 3.8) is 0 Å². The molecule has 1 atom stereocenters. The van der Waals surface area contributed by atoms with Gasteiger partial charge in [0.2, 0.25) is 0 Å². The van der Waals surface area contributed by atoms with Crippen LogP contribution < -0.4 is 5.32 Å². The van der Waals surface area contributed by atoms with Crippen LogP contribution in [0, 0.1) is 60.7 Å². The summed E-state index contributed by atoms with van der Waals surface area (Å²) in [6.45, 7) is 10.2. The van der Waals surface area contributed by atoms with E-state index in [1.165, 1.54) is 22.3 Å². The molecule has 1 radical (unpaired) electrons. The van der Waals surface area contributed by atoms with Crippen molar-refractivity contribution in [2.45, 2.75) is 20.3 Å². The molecule has 3 rings (SSSR count). The molecule has 1 aliphatic heterocycles. The van der Waals surface area contributed by atoms with Gasteiger partial charge in [-0.2, -0.15) is 0 Å². The first-order chi connectivity index (χ1) is 10.6. The van der Waals surface area contributed by atoms with Gasteiger partial charge in [-0.15, -0.1) is 6.54 Å². The first-order valence-electron chi connectivity index (χ1n) is 7.62. The van der Waals surface area contributed by atoms with Gasteiger partial charge in [0, 0.05) is 41.3 Å². The third-order valence-electron chi connectivity index (χ3n) is 4.10. The van der Waals surface area contributed by atoms with Gasteiger partial charge in [-0.1, -0.05) is 67.9 Å². The number of nitrogens with one attached hydrogen (secondary N) is 1. The van der Waals surface area contributed by atoms with Crippen LogP contribution in [0.2, 0.25) is 0 Å². The van der Waals surface area contributed by atoms with Crippen molar-refractivity contribution in [3.05, 3.63) is 78.5 Å². The Morgan fingerprint density at radius 1 is 1.09 bits per heavy atom. The van der Waals surface area contributed by atoms with E-state index in [4.69, 9.17) is 0 Å². The van der Waals surface area contributed by atoms with Crippen LogP contribution in [0.15, 0.2) is 65.8 Å².